The van der Waals surface area contributed by atoms with Crippen LogP contribution in [0.1, 0.15) is 33.1 Å². The molecule has 0 bridgehead atoms. The van der Waals surface area contributed by atoms with Crippen molar-refractivity contribution in [1.82, 2.24) is 4.90 Å². The summed E-state index contributed by atoms with van der Waals surface area (Å²) in [5, 5.41) is 0. The minimum atomic E-state index is -0.200. The molecule has 4 unspecified atom stereocenters. The highest BCUT2D eigenvalue weighted by atomic mass is 16.5. The molecule has 0 radical (unpaired) electrons. The van der Waals surface area contributed by atoms with Gasteiger partial charge in [0.2, 0.25) is 0 Å². The molecule has 4 heteroatoms. The summed E-state index contributed by atoms with van der Waals surface area (Å²) in [4.78, 5) is 14.1. The second kappa shape index (κ2) is 6.02. The summed E-state index contributed by atoms with van der Waals surface area (Å²) in [7, 11) is 1.46. The summed E-state index contributed by atoms with van der Waals surface area (Å²) in [6.45, 7) is 6.72. The molecule has 0 spiro atoms. The van der Waals surface area contributed by atoms with Gasteiger partial charge in [0.1, 0.15) is 6.04 Å². The Balaban J connectivity index is 2.02. The van der Waals surface area contributed by atoms with Crippen LogP contribution >= 0.6 is 0 Å². The van der Waals surface area contributed by atoms with Crippen molar-refractivity contribution in [3.63, 3.8) is 0 Å². The highest BCUT2D eigenvalue weighted by Crippen LogP contribution is 2.33. The van der Waals surface area contributed by atoms with Gasteiger partial charge in [0.05, 0.1) is 20.3 Å². The van der Waals surface area contributed by atoms with Gasteiger partial charge >= 0.3 is 5.97 Å². The average Bonchev–Trinajstić information content (AvgIpc) is 2.41. The summed E-state index contributed by atoms with van der Waals surface area (Å²) in [6.07, 6.45) is 3.64. The Morgan fingerprint density at radius 3 is 2.72 bits per heavy atom. The first-order valence-corrected chi connectivity index (χ1v) is 7.04. The van der Waals surface area contributed by atoms with E-state index < -0.39 is 0 Å². The van der Waals surface area contributed by atoms with Gasteiger partial charge in [-0.05, 0) is 31.1 Å². The van der Waals surface area contributed by atoms with Gasteiger partial charge in [-0.2, -0.15) is 0 Å². The highest BCUT2D eigenvalue weighted by Gasteiger charge is 2.37. The normalized spacial score (nSPS) is 38.4. The quantitative estimate of drug-likeness (QED) is 0.704. The van der Waals surface area contributed by atoms with Crippen LogP contribution < -0.4 is 0 Å². The Hall–Kier alpha value is -0.610. The van der Waals surface area contributed by atoms with Crippen molar-refractivity contribution in [3.8, 4) is 0 Å². The number of esters is 1. The molecule has 2 rings (SSSR count). The maximum atomic E-state index is 11.8. The lowest BCUT2D eigenvalue weighted by Crippen LogP contribution is -2.55. The van der Waals surface area contributed by atoms with E-state index >= 15 is 0 Å². The standard InChI is InChI=1S/C14H25NO3/c1-10-4-5-12(8-11(10)2)15-6-7-18-9-13(15)14(16)17-3/h10-13H,4-9H2,1-3H3. The zero-order valence-electron chi connectivity index (χ0n) is 11.7. The number of morpholine rings is 1. The first kappa shape index (κ1) is 13.8. The SMILES string of the molecule is COC(=O)C1COCCN1C1CCC(C)C(C)C1. The van der Waals surface area contributed by atoms with E-state index in [0.717, 1.165) is 25.0 Å². The first-order chi connectivity index (χ1) is 8.63. The number of hydrogen-bond donors (Lipinski definition) is 0. The minimum Gasteiger partial charge on any atom is -0.468 e. The van der Waals surface area contributed by atoms with Crippen LogP contribution in [-0.4, -0.2) is 49.8 Å². The molecular weight excluding hydrogens is 230 g/mol. The predicted molar refractivity (Wildman–Crippen MR) is 69.3 cm³/mol. The molecule has 1 saturated heterocycles. The van der Waals surface area contributed by atoms with Crippen molar-refractivity contribution in [1.29, 1.82) is 0 Å². The fourth-order valence-electron chi connectivity index (χ4n) is 3.21. The lowest BCUT2D eigenvalue weighted by atomic mass is 9.78. The third-order valence-electron chi connectivity index (χ3n) is 4.68. The molecule has 0 amide bonds. The first-order valence-electron chi connectivity index (χ1n) is 7.04. The van der Waals surface area contributed by atoms with Crippen LogP contribution in [0.4, 0.5) is 0 Å². The van der Waals surface area contributed by atoms with Gasteiger partial charge in [-0.25, -0.2) is 0 Å². The van der Waals surface area contributed by atoms with Gasteiger partial charge in [0, 0.05) is 12.6 Å². The van der Waals surface area contributed by atoms with Crippen molar-refractivity contribution in [3.05, 3.63) is 0 Å². The van der Waals surface area contributed by atoms with E-state index in [4.69, 9.17) is 9.47 Å². The van der Waals surface area contributed by atoms with Crippen LogP contribution in [-0.2, 0) is 14.3 Å². The molecule has 2 aliphatic rings. The lowest BCUT2D eigenvalue weighted by molar-refractivity contribution is -0.156. The molecule has 4 nitrogen and oxygen atoms in total. The fourth-order valence-corrected chi connectivity index (χ4v) is 3.21. The number of carbonyl (C=O) groups is 1. The average molecular weight is 255 g/mol. The van der Waals surface area contributed by atoms with Crippen LogP contribution in [0.3, 0.4) is 0 Å². The maximum absolute atomic E-state index is 11.8. The molecule has 1 aliphatic carbocycles. The van der Waals surface area contributed by atoms with Crippen LogP contribution in [0.25, 0.3) is 0 Å². The van der Waals surface area contributed by atoms with Crippen LogP contribution in [0.5, 0.6) is 0 Å². The summed E-state index contributed by atoms with van der Waals surface area (Å²) in [5.74, 6) is 1.39. The van der Waals surface area contributed by atoms with Crippen molar-refractivity contribution < 1.29 is 14.3 Å². The van der Waals surface area contributed by atoms with Gasteiger partial charge in [-0.3, -0.25) is 9.69 Å². The Morgan fingerprint density at radius 2 is 2.06 bits per heavy atom. The van der Waals surface area contributed by atoms with Crippen molar-refractivity contribution in [2.75, 3.05) is 26.9 Å². The van der Waals surface area contributed by atoms with Crippen LogP contribution in [0, 0.1) is 11.8 Å². The minimum absolute atomic E-state index is 0.152. The number of carbonyl (C=O) groups excluding carboxylic acids is 1. The molecule has 18 heavy (non-hydrogen) atoms. The summed E-state index contributed by atoms with van der Waals surface area (Å²) < 4.78 is 10.3. The molecule has 104 valence electrons. The molecular formula is C14H25NO3. The summed E-state index contributed by atoms with van der Waals surface area (Å²) in [6, 6.07) is 0.318. The van der Waals surface area contributed by atoms with E-state index in [1.807, 2.05) is 0 Å². The third-order valence-corrected chi connectivity index (χ3v) is 4.68. The predicted octanol–water partition coefficient (Wildman–Crippen LogP) is 1.68. The van der Waals surface area contributed by atoms with E-state index in [1.54, 1.807) is 0 Å². The number of rotatable bonds is 2. The summed E-state index contributed by atoms with van der Waals surface area (Å²) >= 11 is 0. The molecule has 0 N–H and O–H groups in total. The van der Waals surface area contributed by atoms with Crippen LogP contribution in [0.15, 0.2) is 0 Å². The second-order valence-corrected chi connectivity index (χ2v) is 5.77. The lowest BCUT2D eigenvalue weighted by Gasteiger charge is -2.43. The fraction of sp³-hybridized carbons (Fsp3) is 0.929. The molecule has 4 atom stereocenters. The molecule has 1 saturated carbocycles. The Labute approximate surface area is 110 Å². The van der Waals surface area contributed by atoms with Crippen LogP contribution in [0.2, 0.25) is 0 Å². The zero-order chi connectivity index (χ0) is 13.1. The number of nitrogens with zero attached hydrogens (tertiary/aromatic N) is 1. The number of ether oxygens (including phenoxy) is 2. The van der Waals surface area contributed by atoms with Crippen molar-refractivity contribution in [2.45, 2.75) is 45.2 Å². The smallest absolute Gasteiger partial charge is 0.325 e. The van der Waals surface area contributed by atoms with Gasteiger partial charge in [0.25, 0.3) is 0 Å². The Morgan fingerprint density at radius 1 is 1.28 bits per heavy atom. The van der Waals surface area contributed by atoms with E-state index in [0.29, 0.717) is 12.6 Å². The Bertz CT molecular complexity index is 295. The molecule has 1 aliphatic heterocycles. The molecule has 0 aromatic heterocycles. The van der Waals surface area contributed by atoms with Gasteiger partial charge in [0.15, 0.2) is 0 Å². The van der Waals surface area contributed by atoms with E-state index in [9.17, 15) is 4.79 Å². The number of hydrogen-bond acceptors (Lipinski definition) is 4. The topological polar surface area (TPSA) is 38.8 Å². The Kier molecular flexibility index (Phi) is 4.62. The summed E-state index contributed by atoms with van der Waals surface area (Å²) in [5.41, 5.74) is 0. The zero-order valence-corrected chi connectivity index (χ0v) is 11.7. The van der Waals surface area contributed by atoms with Gasteiger partial charge < -0.3 is 9.47 Å². The molecule has 1 heterocycles. The second-order valence-electron chi connectivity index (χ2n) is 5.77. The van der Waals surface area contributed by atoms with E-state index in [1.165, 1.54) is 26.4 Å². The van der Waals surface area contributed by atoms with E-state index in [2.05, 4.69) is 18.7 Å². The van der Waals surface area contributed by atoms with Crippen molar-refractivity contribution in [2.24, 2.45) is 11.8 Å². The van der Waals surface area contributed by atoms with Gasteiger partial charge in [-0.1, -0.05) is 13.8 Å². The van der Waals surface area contributed by atoms with E-state index in [-0.39, 0.29) is 12.0 Å². The monoisotopic (exact) mass is 255 g/mol. The third kappa shape index (κ3) is 2.86. The number of methoxy groups -OCH3 is 1. The molecule has 2 fully saturated rings. The molecule has 0 aromatic carbocycles. The van der Waals surface area contributed by atoms with Crippen molar-refractivity contribution >= 4 is 5.97 Å². The largest absolute Gasteiger partial charge is 0.468 e. The molecule has 0 aromatic rings. The highest BCUT2D eigenvalue weighted by molar-refractivity contribution is 5.76. The maximum Gasteiger partial charge on any atom is 0.325 e. The van der Waals surface area contributed by atoms with Gasteiger partial charge in [-0.15, -0.1) is 0 Å².